The number of rotatable bonds is 3. The Morgan fingerprint density at radius 1 is 1.10 bits per heavy atom. The molecule has 0 saturated carbocycles. The van der Waals surface area contributed by atoms with Crippen LogP contribution in [0.2, 0.25) is 5.02 Å². The third-order valence-electron chi connectivity index (χ3n) is 6.22. The van der Waals surface area contributed by atoms with Gasteiger partial charge in [-0.1, -0.05) is 41.9 Å². The van der Waals surface area contributed by atoms with Crippen molar-refractivity contribution < 1.29 is 4.74 Å². The summed E-state index contributed by atoms with van der Waals surface area (Å²) in [6.45, 7) is 4.88. The number of aliphatic imine (C=N–C) groups is 1. The molecule has 1 atom stereocenters. The Morgan fingerprint density at radius 2 is 1.90 bits per heavy atom. The van der Waals surface area contributed by atoms with Crippen LogP contribution in [-0.2, 0) is 17.7 Å². The molecular formula is C25H21ClN2O. The first-order valence-electron chi connectivity index (χ1n) is 10.2. The molecule has 3 nitrogen and oxygen atoms in total. The highest BCUT2D eigenvalue weighted by atomic mass is 35.5. The summed E-state index contributed by atoms with van der Waals surface area (Å²) in [5, 5.41) is 3.36. The monoisotopic (exact) mass is 400 g/mol. The fraction of sp³-hybridized carbons (Fsp3) is 0.240. The zero-order chi connectivity index (χ0) is 19.5. The summed E-state index contributed by atoms with van der Waals surface area (Å²) in [5.74, 6) is 0. The maximum Gasteiger partial charge on any atom is 0.0988 e. The van der Waals surface area contributed by atoms with E-state index in [0.717, 1.165) is 42.4 Å². The van der Waals surface area contributed by atoms with Gasteiger partial charge in [-0.3, -0.25) is 4.99 Å². The van der Waals surface area contributed by atoms with Gasteiger partial charge in [0.15, 0.2) is 0 Å². The van der Waals surface area contributed by atoms with Crippen molar-refractivity contribution in [3.8, 4) is 0 Å². The van der Waals surface area contributed by atoms with E-state index in [2.05, 4.69) is 54.0 Å². The minimum absolute atomic E-state index is 0.343. The number of aryl methyl sites for hydroxylation is 1. The van der Waals surface area contributed by atoms with Crippen LogP contribution in [0.15, 0.2) is 59.6 Å². The van der Waals surface area contributed by atoms with Crippen LogP contribution >= 0.6 is 11.6 Å². The van der Waals surface area contributed by atoms with E-state index in [1.165, 1.54) is 38.5 Å². The number of hydrogen-bond acceptors (Lipinski definition) is 2. The van der Waals surface area contributed by atoms with Gasteiger partial charge >= 0.3 is 0 Å². The van der Waals surface area contributed by atoms with Crippen molar-refractivity contribution in [3.63, 3.8) is 0 Å². The van der Waals surface area contributed by atoms with Gasteiger partial charge in [0.05, 0.1) is 30.5 Å². The van der Waals surface area contributed by atoms with Gasteiger partial charge in [0.2, 0.25) is 0 Å². The summed E-state index contributed by atoms with van der Waals surface area (Å²) in [7, 11) is 0. The number of nitrogens with zero attached hydrogens (tertiary/aromatic N) is 2. The summed E-state index contributed by atoms with van der Waals surface area (Å²) in [6, 6.07) is 19.1. The zero-order valence-electron chi connectivity index (χ0n) is 16.3. The molecule has 0 bridgehead atoms. The van der Waals surface area contributed by atoms with Gasteiger partial charge in [-0.05, 0) is 48.7 Å². The minimum Gasteiger partial charge on any atom is -0.371 e. The van der Waals surface area contributed by atoms with Crippen LogP contribution < -0.4 is 0 Å². The molecule has 0 amide bonds. The van der Waals surface area contributed by atoms with Gasteiger partial charge in [0.25, 0.3) is 0 Å². The molecule has 1 unspecified atom stereocenters. The molecule has 144 valence electrons. The molecule has 0 aliphatic carbocycles. The summed E-state index contributed by atoms with van der Waals surface area (Å²) in [6.07, 6.45) is 1.32. The van der Waals surface area contributed by atoms with Crippen LogP contribution in [0.5, 0.6) is 0 Å². The molecule has 1 saturated heterocycles. The molecule has 0 N–H and O–H groups in total. The molecule has 1 aromatic heterocycles. The predicted molar refractivity (Wildman–Crippen MR) is 120 cm³/mol. The van der Waals surface area contributed by atoms with Gasteiger partial charge in [0, 0.05) is 39.0 Å². The van der Waals surface area contributed by atoms with E-state index < -0.39 is 0 Å². The van der Waals surface area contributed by atoms with Crippen molar-refractivity contribution in [1.82, 2.24) is 4.57 Å². The number of benzene rings is 3. The van der Waals surface area contributed by atoms with E-state index in [1.54, 1.807) is 0 Å². The highest BCUT2D eigenvalue weighted by molar-refractivity contribution is 6.30. The molecule has 29 heavy (non-hydrogen) atoms. The molecular weight excluding hydrogens is 380 g/mol. The first-order chi connectivity index (χ1) is 14.2. The lowest BCUT2D eigenvalue weighted by molar-refractivity contribution is 0.387. The number of para-hydroxylation sites is 1. The number of hydrogen-bond donors (Lipinski definition) is 0. The first kappa shape index (κ1) is 17.3. The van der Waals surface area contributed by atoms with E-state index in [-0.39, 0.29) is 0 Å². The molecule has 1 fully saturated rings. The first-order valence-corrected chi connectivity index (χ1v) is 10.5. The lowest BCUT2D eigenvalue weighted by Gasteiger charge is -2.21. The minimum atomic E-state index is 0.343. The summed E-state index contributed by atoms with van der Waals surface area (Å²) in [4.78, 5) is 4.91. The Morgan fingerprint density at radius 3 is 2.69 bits per heavy atom. The molecule has 4 heteroatoms. The maximum atomic E-state index is 6.12. The molecule has 2 aliphatic rings. The van der Waals surface area contributed by atoms with Crippen LogP contribution in [0, 0.1) is 6.92 Å². The second-order valence-electron chi connectivity index (χ2n) is 7.99. The standard InChI is InChI=1S/C25H21ClN2O/c1-15-19-10-11-27-24(16-6-8-17(26)9-7-16)21(19)12-22-20-4-2-3-5-23(20)28(25(15)22)13-18-14-29-18/h2-9,12,18H,10-11,13-14H2,1H3. The second-order valence-corrected chi connectivity index (χ2v) is 8.43. The second kappa shape index (κ2) is 6.45. The number of ether oxygens (including phenoxy) is 1. The van der Waals surface area contributed by atoms with Crippen molar-refractivity contribution in [2.75, 3.05) is 13.2 Å². The number of halogens is 1. The molecule has 3 heterocycles. The Hall–Kier alpha value is -2.62. The molecule has 6 rings (SSSR count). The topological polar surface area (TPSA) is 29.8 Å². The fourth-order valence-corrected chi connectivity index (χ4v) is 4.90. The lowest BCUT2D eigenvalue weighted by atomic mass is 9.88. The van der Waals surface area contributed by atoms with Crippen molar-refractivity contribution in [1.29, 1.82) is 0 Å². The van der Waals surface area contributed by atoms with Gasteiger partial charge in [-0.25, -0.2) is 0 Å². The van der Waals surface area contributed by atoms with E-state index >= 15 is 0 Å². The van der Waals surface area contributed by atoms with Crippen LogP contribution in [0.1, 0.15) is 22.3 Å². The average molecular weight is 401 g/mol. The Kier molecular flexibility index (Phi) is 3.84. The number of epoxide rings is 1. The van der Waals surface area contributed by atoms with Crippen LogP contribution in [0.4, 0.5) is 0 Å². The normalized spacial score (nSPS) is 18.1. The number of fused-ring (bicyclic) bond motifs is 4. The molecule has 4 aromatic rings. The maximum absolute atomic E-state index is 6.12. The summed E-state index contributed by atoms with van der Waals surface area (Å²) >= 11 is 6.12. The highest BCUT2D eigenvalue weighted by Crippen LogP contribution is 2.37. The van der Waals surface area contributed by atoms with Crippen LogP contribution in [0.25, 0.3) is 21.8 Å². The zero-order valence-corrected chi connectivity index (χ0v) is 17.0. The van der Waals surface area contributed by atoms with E-state index in [9.17, 15) is 0 Å². The van der Waals surface area contributed by atoms with E-state index in [4.69, 9.17) is 21.3 Å². The third-order valence-corrected chi connectivity index (χ3v) is 6.48. The largest absolute Gasteiger partial charge is 0.371 e. The number of aromatic nitrogens is 1. The molecule has 2 aliphatic heterocycles. The van der Waals surface area contributed by atoms with Gasteiger partial charge in [-0.2, -0.15) is 0 Å². The van der Waals surface area contributed by atoms with Crippen molar-refractivity contribution in [3.05, 3.63) is 81.9 Å². The quantitative estimate of drug-likeness (QED) is 0.415. The van der Waals surface area contributed by atoms with E-state index in [0.29, 0.717) is 6.10 Å². The van der Waals surface area contributed by atoms with Crippen LogP contribution in [0.3, 0.4) is 0 Å². The summed E-state index contributed by atoms with van der Waals surface area (Å²) in [5.41, 5.74) is 8.88. The SMILES string of the molecule is Cc1c2c(cc3c4ccccc4n(CC4CO4)c13)C(c1ccc(Cl)cc1)=NCC2. The third kappa shape index (κ3) is 2.72. The summed E-state index contributed by atoms with van der Waals surface area (Å²) < 4.78 is 8.03. The molecule has 0 radical (unpaired) electrons. The van der Waals surface area contributed by atoms with Gasteiger partial charge in [-0.15, -0.1) is 0 Å². The van der Waals surface area contributed by atoms with Gasteiger partial charge < -0.3 is 9.30 Å². The fourth-order valence-electron chi connectivity index (χ4n) is 4.78. The smallest absolute Gasteiger partial charge is 0.0988 e. The molecule has 0 spiro atoms. The predicted octanol–water partition coefficient (Wildman–Crippen LogP) is 5.55. The Labute approximate surface area is 174 Å². The van der Waals surface area contributed by atoms with E-state index in [1.807, 2.05) is 12.1 Å². The van der Waals surface area contributed by atoms with Crippen LogP contribution in [-0.4, -0.2) is 29.5 Å². The van der Waals surface area contributed by atoms with Gasteiger partial charge in [0.1, 0.15) is 0 Å². The highest BCUT2D eigenvalue weighted by Gasteiger charge is 2.27. The Balaban J connectivity index is 1.64. The van der Waals surface area contributed by atoms with Crippen molar-refractivity contribution in [2.45, 2.75) is 26.0 Å². The lowest BCUT2D eigenvalue weighted by Crippen LogP contribution is -2.16. The Bertz CT molecular complexity index is 1300. The average Bonchev–Trinajstić information content (AvgIpc) is 3.51. The van der Waals surface area contributed by atoms with Crippen molar-refractivity contribution >= 4 is 39.1 Å². The van der Waals surface area contributed by atoms with Crippen molar-refractivity contribution in [2.24, 2.45) is 4.99 Å². The molecule has 3 aromatic carbocycles.